The maximum Gasteiger partial charge on any atom is 0.120 e. The maximum atomic E-state index is 5.88. The molecule has 112 valence electrons. The predicted octanol–water partition coefficient (Wildman–Crippen LogP) is 4.15. The molecule has 0 heterocycles. The Morgan fingerprint density at radius 2 is 1.95 bits per heavy atom. The molecule has 4 heteroatoms. The van der Waals surface area contributed by atoms with E-state index in [-0.39, 0.29) is 0 Å². The van der Waals surface area contributed by atoms with Gasteiger partial charge in [-0.3, -0.25) is 0 Å². The summed E-state index contributed by atoms with van der Waals surface area (Å²) in [5, 5.41) is 3.31. The molecule has 0 spiro atoms. The molecule has 0 amide bonds. The fraction of sp³-hybridized carbons (Fsp3) is 0.294. The number of ether oxygens (including phenoxy) is 2. The van der Waals surface area contributed by atoms with Crippen LogP contribution >= 0.6 is 15.9 Å². The van der Waals surface area contributed by atoms with Gasteiger partial charge in [0.1, 0.15) is 18.1 Å². The topological polar surface area (TPSA) is 30.5 Å². The Labute approximate surface area is 134 Å². The average Bonchev–Trinajstić information content (AvgIpc) is 2.52. The normalized spacial score (nSPS) is 10.4. The summed E-state index contributed by atoms with van der Waals surface area (Å²) >= 11 is 3.54. The smallest absolute Gasteiger partial charge is 0.120 e. The van der Waals surface area contributed by atoms with Gasteiger partial charge < -0.3 is 14.8 Å². The highest BCUT2D eigenvalue weighted by atomic mass is 79.9. The zero-order valence-electron chi connectivity index (χ0n) is 12.4. The molecule has 0 fully saturated rings. The Kier molecular flexibility index (Phi) is 6.08. The van der Waals surface area contributed by atoms with Gasteiger partial charge in [0, 0.05) is 16.6 Å². The van der Waals surface area contributed by atoms with Crippen LogP contribution in [-0.2, 0) is 13.2 Å². The Morgan fingerprint density at radius 1 is 1.10 bits per heavy atom. The SMILES string of the molecule is CCNCc1cccc(OCc2cc(OC)ccc2Br)c1. The average molecular weight is 350 g/mol. The van der Waals surface area contributed by atoms with Crippen molar-refractivity contribution in [2.24, 2.45) is 0 Å². The highest BCUT2D eigenvalue weighted by Gasteiger charge is 2.04. The zero-order valence-corrected chi connectivity index (χ0v) is 13.9. The summed E-state index contributed by atoms with van der Waals surface area (Å²) < 4.78 is 12.1. The Balaban J connectivity index is 2.02. The van der Waals surface area contributed by atoms with Crippen LogP contribution in [0.15, 0.2) is 46.9 Å². The van der Waals surface area contributed by atoms with E-state index in [0.29, 0.717) is 6.61 Å². The van der Waals surface area contributed by atoms with Crippen LogP contribution in [0.5, 0.6) is 11.5 Å². The fourth-order valence-electron chi connectivity index (χ4n) is 1.96. The van der Waals surface area contributed by atoms with Crippen LogP contribution in [0.2, 0.25) is 0 Å². The monoisotopic (exact) mass is 349 g/mol. The van der Waals surface area contributed by atoms with E-state index in [1.807, 2.05) is 30.3 Å². The molecule has 0 saturated heterocycles. The molecular weight excluding hydrogens is 330 g/mol. The lowest BCUT2D eigenvalue weighted by Gasteiger charge is -2.11. The number of benzene rings is 2. The predicted molar refractivity (Wildman–Crippen MR) is 88.8 cm³/mol. The van der Waals surface area contributed by atoms with Gasteiger partial charge in [-0.15, -0.1) is 0 Å². The molecule has 2 aromatic carbocycles. The summed E-state index contributed by atoms with van der Waals surface area (Å²) in [5.74, 6) is 1.71. The molecule has 0 aromatic heterocycles. The molecule has 0 aliphatic heterocycles. The van der Waals surface area contributed by atoms with Gasteiger partial charge in [0.05, 0.1) is 7.11 Å². The molecule has 0 aliphatic rings. The van der Waals surface area contributed by atoms with E-state index in [1.54, 1.807) is 7.11 Å². The highest BCUT2D eigenvalue weighted by molar-refractivity contribution is 9.10. The Morgan fingerprint density at radius 3 is 2.71 bits per heavy atom. The van der Waals surface area contributed by atoms with E-state index in [0.717, 1.165) is 34.6 Å². The minimum Gasteiger partial charge on any atom is -0.497 e. The molecule has 0 atom stereocenters. The van der Waals surface area contributed by atoms with Crippen LogP contribution < -0.4 is 14.8 Å². The van der Waals surface area contributed by atoms with Crippen LogP contribution in [0.4, 0.5) is 0 Å². The fourth-order valence-corrected chi connectivity index (χ4v) is 2.33. The van der Waals surface area contributed by atoms with Crippen molar-refractivity contribution in [2.75, 3.05) is 13.7 Å². The van der Waals surface area contributed by atoms with Crippen molar-refractivity contribution >= 4 is 15.9 Å². The number of nitrogens with one attached hydrogen (secondary N) is 1. The first-order chi connectivity index (χ1) is 10.2. The third-order valence-electron chi connectivity index (χ3n) is 3.12. The number of hydrogen-bond acceptors (Lipinski definition) is 3. The maximum absolute atomic E-state index is 5.88. The van der Waals surface area contributed by atoms with Crippen LogP contribution in [0.1, 0.15) is 18.1 Å². The van der Waals surface area contributed by atoms with E-state index in [9.17, 15) is 0 Å². The zero-order chi connectivity index (χ0) is 15.1. The van der Waals surface area contributed by atoms with Crippen molar-refractivity contribution in [1.82, 2.24) is 5.32 Å². The molecule has 0 aliphatic carbocycles. The highest BCUT2D eigenvalue weighted by Crippen LogP contribution is 2.24. The molecule has 0 bridgehead atoms. The second kappa shape index (κ2) is 8.05. The first-order valence-electron chi connectivity index (χ1n) is 6.97. The summed E-state index contributed by atoms with van der Waals surface area (Å²) in [6.07, 6.45) is 0. The lowest BCUT2D eigenvalue weighted by atomic mass is 10.2. The number of rotatable bonds is 7. The van der Waals surface area contributed by atoms with Crippen LogP contribution in [0, 0.1) is 0 Å². The number of methoxy groups -OCH3 is 1. The van der Waals surface area contributed by atoms with Gasteiger partial charge in [-0.1, -0.05) is 35.0 Å². The molecule has 0 radical (unpaired) electrons. The standard InChI is InChI=1S/C17H20BrNO2/c1-3-19-11-13-5-4-6-16(9-13)21-12-14-10-15(20-2)7-8-17(14)18/h4-10,19H,3,11-12H2,1-2H3. The van der Waals surface area contributed by atoms with E-state index < -0.39 is 0 Å². The minimum atomic E-state index is 0.502. The lowest BCUT2D eigenvalue weighted by Crippen LogP contribution is -2.11. The largest absolute Gasteiger partial charge is 0.497 e. The van der Waals surface area contributed by atoms with E-state index in [2.05, 4.69) is 40.3 Å². The molecule has 0 saturated carbocycles. The van der Waals surface area contributed by atoms with Gasteiger partial charge in [-0.25, -0.2) is 0 Å². The Hall–Kier alpha value is -1.52. The molecule has 2 aromatic rings. The van der Waals surface area contributed by atoms with Crippen molar-refractivity contribution in [1.29, 1.82) is 0 Å². The van der Waals surface area contributed by atoms with Crippen LogP contribution in [-0.4, -0.2) is 13.7 Å². The second-order valence-corrected chi connectivity index (χ2v) is 5.53. The van der Waals surface area contributed by atoms with Gasteiger partial charge in [0.2, 0.25) is 0 Å². The number of hydrogen-bond donors (Lipinski definition) is 1. The van der Waals surface area contributed by atoms with Gasteiger partial charge in [0.15, 0.2) is 0 Å². The minimum absolute atomic E-state index is 0.502. The summed E-state index contributed by atoms with van der Waals surface area (Å²) in [5.41, 5.74) is 2.28. The molecule has 21 heavy (non-hydrogen) atoms. The van der Waals surface area contributed by atoms with Gasteiger partial charge in [-0.05, 0) is 42.4 Å². The summed E-state index contributed by atoms with van der Waals surface area (Å²) in [4.78, 5) is 0. The van der Waals surface area contributed by atoms with Crippen molar-refractivity contribution < 1.29 is 9.47 Å². The summed E-state index contributed by atoms with van der Waals surface area (Å²) in [6, 6.07) is 14.0. The lowest BCUT2D eigenvalue weighted by molar-refractivity contribution is 0.304. The van der Waals surface area contributed by atoms with Gasteiger partial charge in [0.25, 0.3) is 0 Å². The molecule has 3 nitrogen and oxygen atoms in total. The van der Waals surface area contributed by atoms with Crippen molar-refractivity contribution in [3.8, 4) is 11.5 Å². The van der Waals surface area contributed by atoms with E-state index in [1.165, 1.54) is 5.56 Å². The molecular formula is C17H20BrNO2. The first-order valence-corrected chi connectivity index (χ1v) is 7.77. The summed E-state index contributed by atoms with van der Waals surface area (Å²) in [6.45, 7) is 4.42. The third kappa shape index (κ3) is 4.76. The van der Waals surface area contributed by atoms with E-state index >= 15 is 0 Å². The number of halogens is 1. The Bertz CT molecular complexity index is 587. The van der Waals surface area contributed by atoms with Gasteiger partial charge >= 0.3 is 0 Å². The van der Waals surface area contributed by atoms with E-state index in [4.69, 9.17) is 9.47 Å². The molecule has 2 rings (SSSR count). The van der Waals surface area contributed by atoms with Crippen LogP contribution in [0.25, 0.3) is 0 Å². The van der Waals surface area contributed by atoms with Gasteiger partial charge in [-0.2, -0.15) is 0 Å². The third-order valence-corrected chi connectivity index (χ3v) is 3.90. The van der Waals surface area contributed by atoms with Crippen molar-refractivity contribution in [2.45, 2.75) is 20.1 Å². The van der Waals surface area contributed by atoms with Crippen molar-refractivity contribution in [3.63, 3.8) is 0 Å². The first kappa shape index (κ1) is 15.9. The van der Waals surface area contributed by atoms with Crippen LogP contribution in [0.3, 0.4) is 0 Å². The second-order valence-electron chi connectivity index (χ2n) is 4.67. The molecule has 1 N–H and O–H groups in total. The summed E-state index contributed by atoms with van der Waals surface area (Å²) in [7, 11) is 1.66. The molecule has 0 unspecified atom stereocenters. The quantitative estimate of drug-likeness (QED) is 0.814. The van der Waals surface area contributed by atoms with Crippen molar-refractivity contribution in [3.05, 3.63) is 58.1 Å².